The molecular weight excluding hydrogens is 268 g/mol. The molecule has 102 valence electrons. The zero-order valence-corrected chi connectivity index (χ0v) is 11.9. The summed E-state index contributed by atoms with van der Waals surface area (Å²) < 4.78 is 0. The van der Waals surface area contributed by atoms with E-state index in [9.17, 15) is 4.79 Å². The SMILES string of the molecule is O=C(/C=C/c1cccs1)N(Cc1ccncc1)C1CC1. The Hall–Kier alpha value is -1.94. The second-order valence-electron chi connectivity index (χ2n) is 4.90. The molecule has 1 saturated carbocycles. The van der Waals surface area contributed by atoms with E-state index in [1.807, 2.05) is 40.6 Å². The third-order valence-corrected chi connectivity index (χ3v) is 4.14. The summed E-state index contributed by atoms with van der Waals surface area (Å²) in [5.74, 6) is 0.0951. The van der Waals surface area contributed by atoms with E-state index in [4.69, 9.17) is 0 Å². The third kappa shape index (κ3) is 3.33. The fraction of sp³-hybridized carbons (Fsp3) is 0.250. The molecule has 20 heavy (non-hydrogen) atoms. The molecule has 0 aliphatic heterocycles. The van der Waals surface area contributed by atoms with Gasteiger partial charge in [-0.1, -0.05) is 6.07 Å². The Morgan fingerprint density at radius 2 is 2.15 bits per heavy atom. The van der Waals surface area contributed by atoms with Crippen molar-refractivity contribution in [3.8, 4) is 0 Å². The molecule has 1 fully saturated rings. The summed E-state index contributed by atoms with van der Waals surface area (Å²) in [7, 11) is 0. The molecule has 0 bridgehead atoms. The minimum atomic E-state index is 0.0951. The lowest BCUT2D eigenvalue weighted by Crippen LogP contribution is -2.31. The fourth-order valence-electron chi connectivity index (χ4n) is 2.09. The van der Waals surface area contributed by atoms with Gasteiger partial charge in [-0.2, -0.15) is 0 Å². The van der Waals surface area contributed by atoms with Gasteiger partial charge in [0.1, 0.15) is 0 Å². The van der Waals surface area contributed by atoms with Crippen LogP contribution in [-0.2, 0) is 11.3 Å². The molecule has 0 unspecified atom stereocenters. The highest BCUT2D eigenvalue weighted by Crippen LogP contribution is 2.28. The first kappa shape index (κ1) is 13.1. The molecule has 0 spiro atoms. The Morgan fingerprint density at radius 3 is 2.80 bits per heavy atom. The van der Waals surface area contributed by atoms with Gasteiger partial charge < -0.3 is 4.90 Å². The molecule has 2 heterocycles. The molecule has 4 heteroatoms. The summed E-state index contributed by atoms with van der Waals surface area (Å²) in [5.41, 5.74) is 1.13. The van der Waals surface area contributed by atoms with Crippen molar-refractivity contribution in [2.75, 3.05) is 0 Å². The molecule has 3 nitrogen and oxygen atoms in total. The monoisotopic (exact) mass is 284 g/mol. The molecule has 3 rings (SSSR count). The number of thiophene rings is 1. The third-order valence-electron chi connectivity index (χ3n) is 3.31. The van der Waals surface area contributed by atoms with Gasteiger partial charge in [0, 0.05) is 35.9 Å². The van der Waals surface area contributed by atoms with Crippen LogP contribution < -0.4 is 0 Å². The minimum absolute atomic E-state index is 0.0951. The highest BCUT2D eigenvalue weighted by atomic mass is 32.1. The van der Waals surface area contributed by atoms with Gasteiger partial charge in [-0.3, -0.25) is 9.78 Å². The Kier molecular flexibility index (Phi) is 3.92. The van der Waals surface area contributed by atoms with E-state index in [0.29, 0.717) is 12.6 Å². The normalized spacial score (nSPS) is 14.6. The van der Waals surface area contributed by atoms with E-state index >= 15 is 0 Å². The Balaban J connectivity index is 1.69. The molecular formula is C16H16N2OS. The highest BCUT2D eigenvalue weighted by molar-refractivity contribution is 7.10. The number of pyridine rings is 1. The van der Waals surface area contributed by atoms with Crippen LogP contribution in [-0.4, -0.2) is 21.8 Å². The summed E-state index contributed by atoms with van der Waals surface area (Å²) in [6, 6.07) is 8.34. The number of hydrogen-bond acceptors (Lipinski definition) is 3. The number of nitrogens with zero attached hydrogens (tertiary/aromatic N) is 2. The Labute approximate surface area is 122 Å². The first-order valence-electron chi connectivity index (χ1n) is 6.74. The van der Waals surface area contributed by atoms with Crippen molar-refractivity contribution in [2.45, 2.75) is 25.4 Å². The predicted molar refractivity (Wildman–Crippen MR) is 81.2 cm³/mol. The van der Waals surface area contributed by atoms with Crippen LogP contribution >= 0.6 is 11.3 Å². The number of aromatic nitrogens is 1. The lowest BCUT2D eigenvalue weighted by atomic mass is 10.2. The van der Waals surface area contributed by atoms with Crippen LogP contribution in [0.4, 0.5) is 0 Å². The molecule has 1 amide bonds. The van der Waals surface area contributed by atoms with Crippen molar-refractivity contribution in [1.82, 2.24) is 9.88 Å². The molecule has 1 aliphatic carbocycles. The van der Waals surface area contributed by atoms with Gasteiger partial charge in [0.25, 0.3) is 0 Å². The van der Waals surface area contributed by atoms with Crippen LogP contribution in [0.15, 0.2) is 48.1 Å². The molecule has 2 aromatic heterocycles. The number of carbonyl (C=O) groups is 1. The van der Waals surface area contributed by atoms with Crippen LogP contribution in [0.2, 0.25) is 0 Å². The maximum atomic E-state index is 12.4. The number of amides is 1. The quantitative estimate of drug-likeness (QED) is 0.789. The molecule has 0 saturated heterocycles. The van der Waals surface area contributed by atoms with Gasteiger partial charge in [-0.25, -0.2) is 0 Å². The van der Waals surface area contributed by atoms with Crippen LogP contribution in [0.1, 0.15) is 23.3 Å². The molecule has 2 aromatic rings. The highest BCUT2D eigenvalue weighted by Gasteiger charge is 2.31. The second-order valence-corrected chi connectivity index (χ2v) is 5.88. The average Bonchev–Trinajstić information content (AvgIpc) is 3.19. The van der Waals surface area contributed by atoms with E-state index in [2.05, 4.69) is 4.98 Å². The number of hydrogen-bond donors (Lipinski definition) is 0. The number of carbonyl (C=O) groups excluding carboxylic acids is 1. The van der Waals surface area contributed by atoms with Gasteiger partial charge in [0.05, 0.1) is 0 Å². The van der Waals surface area contributed by atoms with Gasteiger partial charge in [-0.05, 0) is 48.1 Å². The van der Waals surface area contributed by atoms with Gasteiger partial charge in [0.2, 0.25) is 5.91 Å². The summed E-state index contributed by atoms with van der Waals surface area (Å²) in [4.78, 5) is 19.4. The average molecular weight is 284 g/mol. The smallest absolute Gasteiger partial charge is 0.247 e. The first-order valence-corrected chi connectivity index (χ1v) is 7.62. The lowest BCUT2D eigenvalue weighted by molar-refractivity contribution is -0.127. The zero-order chi connectivity index (χ0) is 13.8. The van der Waals surface area contributed by atoms with E-state index in [1.165, 1.54) is 0 Å². The fourth-order valence-corrected chi connectivity index (χ4v) is 2.71. The van der Waals surface area contributed by atoms with Crippen molar-refractivity contribution in [2.24, 2.45) is 0 Å². The lowest BCUT2D eigenvalue weighted by Gasteiger charge is -2.20. The summed E-state index contributed by atoms with van der Waals surface area (Å²) >= 11 is 1.64. The molecule has 0 radical (unpaired) electrons. The van der Waals surface area contributed by atoms with Crippen molar-refractivity contribution >= 4 is 23.3 Å². The molecule has 0 aromatic carbocycles. The summed E-state index contributed by atoms with van der Waals surface area (Å²) in [6.07, 6.45) is 9.35. The second kappa shape index (κ2) is 6.01. The van der Waals surface area contributed by atoms with Crippen molar-refractivity contribution in [3.63, 3.8) is 0 Å². The largest absolute Gasteiger partial charge is 0.332 e. The predicted octanol–water partition coefficient (Wildman–Crippen LogP) is 3.35. The van der Waals surface area contributed by atoms with Crippen molar-refractivity contribution in [1.29, 1.82) is 0 Å². The van der Waals surface area contributed by atoms with E-state index < -0.39 is 0 Å². The van der Waals surface area contributed by atoms with Crippen molar-refractivity contribution < 1.29 is 4.79 Å². The van der Waals surface area contributed by atoms with E-state index in [1.54, 1.807) is 29.8 Å². The Bertz CT molecular complexity index is 588. The summed E-state index contributed by atoms with van der Waals surface area (Å²) in [6.45, 7) is 0.667. The van der Waals surface area contributed by atoms with Gasteiger partial charge in [0.15, 0.2) is 0 Å². The van der Waals surface area contributed by atoms with Gasteiger partial charge in [-0.15, -0.1) is 11.3 Å². The summed E-state index contributed by atoms with van der Waals surface area (Å²) in [5, 5.41) is 2.01. The van der Waals surface area contributed by atoms with E-state index in [-0.39, 0.29) is 5.91 Å². The van der Waals surface area contributed by atoms with Crippen LogP contribution in [0.25, 0.3) is 6.08 Å². The number of rotatable bonds is 5. The maximum absolute atomic E-state index is 12.4. The van der Waals surface area contributed by atoms with Crippen LogP contribution in [0.5, 0.6) is 0 Å². The topological polar surface area (TPSA) is 33.2 Å². The van der Waals surface area contributed by atoms with Crippen molar-refractivity contribution in [3.05, 3.63) is 58.6 Å². The van der Waals surface area contributed by atoms with E-state index in [0.717, 1.165) is 23.3 Å². The zero-order valence-electron chi connectivity index (χ0n) is 11.1. The molecule has 1 aliphatic rings. The van der Waals surface area contributed by atoms with Gasteiger partial charge >= 0.3 is 0 Å². The first-order chi connectivity index (χ1) is 9.83. The molecule has 0 N–H and O–H groups in total. The molecule has 0 atom stereocenters. The maximum Gasteiger partial charge on any atom is 0.247 e. The Morgan fingerprint density at radius 1 is 1.35 bits per heavy atom. The van der Waals surface area contributed by atoms with Crippen LogP contribution in [0, 0.1) is 0 Å². The van der Waals surface area contributed by atoms with Crippen LogP contribution in [0.3, 0.4) is 0 Å². The standard InChI is InChI=1S/C16H16N2OS/c19-16(6-5-15-2-1-11-20-15)18(14-3-4-14)12-13-7-9-17-10-8-13/h1-2,5-11,14H,3-4,12H2/b6-5+. The minimum Gasteiger partial charge on any atom is -0.332 e.